The molecular formula is C25H25HfO3-. The predicted octanol–water partition coefficient (Wildman–Crippen LogP) is 6.04. The fourth-order valence-corrected chi connectivity index (χ4v) is 1.76. The van der Waals surface area contributed by atoms with Gasteiger partial charge in [0.1, 0.15) is 17.2 Å². The molecule has 4 heteroatoms. The predicted molar refractivity (Wildman–Crippen MR) is 115 cm³/mol. The molecule has 0 aliphatic carbocycles. The molecule has 0 aliphatic heterocycles. The van der Waals surface area contributed by atoms with Crippen LogP contribution in [0.4, 0.5) is 0 Å². The van der Waals surface area contributed by atoms with E-state index >= 15 is 0 Å². The second-order valence-electron chi connectivity index (χ2n) is 5.49. The Labute approximate surface area is 191 Å². The first kappa shape index (κ1) is 26.0. The van der Waals surface area contributed by atoms with E-state index in [4.69, 9.17) is 15.3 Å². The topological polar surface area (TPSA) is 60.7 Å². The van der Waals surface area contributed by atoms with Crippen LogP contribution in [0.3, 0.4) is 0 Å². The smallest absolute Gasteiger partial charge is 0.115 e. The van der Waals surface area contributed by atoms with Crippen LogP contribution < -0.4 is 0 Å². The maximum absolute atomic E-state index is 8.63. The Kier molecular flexibility index (Phi) is 15.4. The summed E-state index contributed by atoms with van der Waals surface area (Å²) < 4.78 is 0. The normalized spacial score (nSPS) is 8.28. The average molecular weight is 552 g/mol. The van der Waals surface area contributed by atoms with Gasteiger partial charge in [0.2, 0.25) is 0 Å². The van der Waals surface area contributed by atoms with E-state index in [0.717, 1.165) is 5.56 Å². The molecule has 0 bridgehead atoms. The van der Waals surface area contributed by atoms with Crippen molar-refractivity contribution in [3.05, 3.63) is 134 Å². The average Bonchev–Trinajstić information content (AvgIpc) is 2.72. The van der Waals surface area contributed by atoms with Gasteiger partial charge in [0.15, 0.2) is 0 Å². The Balaban J connectivity index is 0.000000356. The summed E-state index contributed by atoms with van der Waals surface area (Å²) in [6.07, 6.45) is 0. The van der Waals surface area contributed by atoms with E-state index in [-0.39, 0.29) is 25.8 Å². The van der Waals surface area contributed by atoms with Crippen molar-refractivity contribution in [2.45, 2.75) is 0 Å². The minimum Gasteiger partial charge on any atom is -0.508 e. The van der Waals surface area contributed by atoms with E-state index in [1.807, 2.05) is 48.5 Å². The number of hydrogen-bond donors (Lipinski definition) is 3. The zero-order valence-corrected chi connectivity index (χ0v) is 19.7. The zero-order valence-electron chi connectivity index (χ0n) is 16.1. The fourth-order valence-electron chi connectivity index (χ4n) is 1.76. The number of hydrogen-bond acceptors (Lipinski definition) is 3. The van der Waals surface area contributed by atoms with Crippen LogP contribution in [-0.2, 0) is 25.8 Å². The van der Waals surface area contributed by atoms with Crippen molar-refractivity contribution in [2.75, 3.05) is 0 Å². The Bertz CT molecular complexity index is 690. The molecule has 4 rings (SSSR count). The van der Waals surface area contributed by atoms with Gasteiger partial charge in [-0.15, -0.1) is 12.1 Å². The first-order chi connectivity index (χ1) is 13.6. The third-order valence-electron chi connectivity index (χ3n) is 3.11. The van der Waals surface area contributed by atoms with Crippen molar-refractivity contribution in [1.82, 2.24) is 0 Å². The third kappa shape index (κ3) is 15.7. The van der Waals surface area contributed by atoms with E-state index in [1.54, 1.807) is 72.8 Å². The summed E-state index contributed by atoms with van der Waals surface area (Å²) in [4.78, 5) is 0. The summed E-state index contributed by atoms with van der Waals surface area (Å²) in [5.41, 5.74) is 1.07. The van der Waals surface area contributed by atoms with Crippen LogP contribution in [0.25, 0.3) is 0 Å². The van der Waals surface area contributed by atoms with Crippen LogP contribution in [0.1, 0.15) is 5.56 Å². The third-order valence-corrected chi connectivity index (χ3v) is 3.11. The number of aromatic hydroxyl groups is 3. The van der Waals surface area contributed by atoms with Gasteiger partial charge in [-0.3, -0.25) is 0 Å². The zero-order chi connectivity index (χ0) is 20.5. The molecule has 0 aliphatic rings. The van der Waals surface area contributed by atoms with Crippen LogP contribution in [0.2, 0.25) is 0 Å². The SMILES string of the molecule is Oc1ccccc1.Oc1ccccc1.Oc1ccccc1.[CH2-]c1ccccc1.[Hf]. The van der Waals surface area contributed by atoms with E-state index in [1.165, 1.54) is 0 Å². The van der Waals surface area contributed by atoms with Crippen molar-refractivity contribution < 1.29 is 41.2 Å². The Morgan fingerprint density at radius 2 is 0.586 bits per heavy atom. The number of para-hydroxylation sites is 3. The van der Waals surface area contributed by atoms with E-state index < -0.39 is 0 Å². The number of benzene rings is 4. The quantitative estimate of drug-likeness (QED) is 0.184. The standard InChI is InChI=1S/C7H7.3C6H6O.Hf/c1-7-5-3-2-4-6-7;3*7-6-4-2-1-3-5-6;/h2-6H,1H2;3*1-5,7H;/q-1;;;;. The molecule has 0 radical (unpaired) electrons. The minimum absolute atomic E-state index is 0. The van der Waals surface area contributed by atoms with Crippen molar-refractivity contribution in [3.63, 3.8) is 0 Å². The van der Waals surface area contributed by atoms with E-state index in [0.29, 0.717) is 17.2 Å². The molecule has 4 aromatic rings. The van der Waals surface area contributed by atoms with E-state index in [2.05, 4.69) is 6.92 Å². The molecule has 0 saturated heterocycles. The number of phenols is 3. The summed E-state index contributed by atoms with van der Waals surface area (Å²) in [6.45, 7) is 3.72. The molecule has 0 fully saturated rings. The van der Waals surface area contributed by atoms with E-state index in [9.17, 15) is 0 Å². The molecule has 0 aromatic heterocycles. The van der Waals surface area contributed by atoms with Crippen molar-refractivity contribution in [2.24, 2.45) is 0 Å². The summed E-state index contributed by atoms with van der Waals surface area (Å²) in [5, 5.41) is 25.9. The summed E-state index contributed by atoms with van der Waals surface area (Å²) in [6, 6.07) is 36.0. The Hall–Kier alpha value is -2.98. The molecule has 148 valence electrons. The molecule has 0 heterocycles. The van der Waals surface area contributed by atoms with Gasteiger partial charge in [0.05, 0.1) is 0 Å². The Morgan fingerprint density at radius 1 is 0.379 bits per heavy atom. The monoisotopic (exact) mass is 553 g/mol. The molecule has 29 heavy (non-hydrogen) atoms. The maximum Gasteiger partial charge on any atom is 0.115 e. The maximum atomic E-state index is 8.63. The van der Waals surface area contributed by atoms with Gasteiger partial charge in [-0.2, -0.15) is 24.6 Å². The van der Waals surface area contributed by atoms with Gasteiger partial charge in [0.25, 0.3) is 0 Å². The van der Waals surface area contributed by atoms with Gasteiger partial charge in [-0.25, -0.2) is 0 Å². The van der Waals surface area contributed by atoms with Crippen LogP contribution in [0.15, 0.2) is 121 Å². The molecule has 0 spiro atoms. The molecule has 0 amide bonds. The first-order valence-corrected chi connectivity index (χ1v) is 8.67. The van der Waals surface area contributed by atoms with Crippen LogP contribution >= 0.6 is 0 Å². The van der Waals surface area contributed by atoms with Gasteiger partial charge in [0, 0.05) is 25.8 Å². The fraction of sp³-hybridized carbons (Fsp3) is 0. The second kappa shape index (κ2) is 17.1. The molecular weight excluding hydrogens is 527 g/mol. The first-order valence-electron chi connectivity index (χ1n) is 8.67. The molecule has 0 saturated carbocycles. The Morgan fingerprint density at radius 3 is 0.690 bits per heavy atom. The number of phenolic OH excluding ortho intramolecular Hbond substituents is 3. The number of rotatable bonds is 0. The molecule has 4 aromatic carbocycles. The molecule has 3 nitrogen and oxygen atoms in total. The van der Waals surface area contributed by atoms with Crippen molar-refractivity contribution in [1.29, 1.82) is 0 Å². The van der Waals surface area contributed by atoms with Crippen LogP contribution in [0, 0.1) is 6.92 Å². The van der Waals surface area contributed by atoms with Gasteiger partial charge in [-0.05, 0) is 36.4 Å². The summed E-state index contributed by atoms with van der Waals surface area (Å²) in [7, 11) is 0. The van der Waals surface area contributed by atoms with Crippen molar-refractivity contribution >= 4 is 0 Å². The van der Waals surface area contributed by atoms with Gasteiger partial charge in [-0.1, -0.05) is 60.7 Å². The second-order valence-corrected chi connectivity index (χ2v) is 5.49. The van der Waals surface area contributed by atoms with Crippen molar-refractivity contribution in [3.8, 4) is 17.2 Å². The molecule has 0 unspecified atom stereocenters. The summed E-state index contributed by atoms with van der Waals surface area (Å²) >= 11 is 0. The van der Waals surface area contributed by atoms with Gasteiger partial charge >= 0.3 is 0 Å². The molecule has 3 N–H and O–H groups in total. The molecule has 0 atom stereocenters. The largest absolute Gasteiger partial charge is 0.508 e. The van der Waals surface area contributed by atoms with Crippen LogP contribution in [-0.4, -0.2) is 15.3 Å². The van der Waals surface area contributed by atoms with Gasteiger partial charge < -0.3 is 15.3 Å². The minimum atomic E-state index is 0. The summed E-state index contributed by atoms with van der Waals surface area (Å²) in [5.74, 6) is 0.965. The van der Waals surface area contributed by atoms with Crippen LogP contribution in [0.5, 0.6) is 17.2 Å².